The quantitative estimate of drug-likeness (QED) is 0.541. The van der Waals surface area contributed by atoms with E-state index in [2.05, 4.69) is 27.0 Å². The number of hydrogen-bond donors (Lipinski definition) is 4. The molecule has 138 valence electrons. The van der Waals surface area contributed by atoms with Crippen LogP contribution in [0.15, 0.2) is 54.7 Å². The number of fused-ring (bicyclic) bond motifs is 1. The number of carbonyl (C=O) groups excluding carboxylic acids is 2. The maximum Gasteiger partial charge on any atom is 0.319 e. The average Bonchev–Trinajstić information content (AvgIpc) is 3.39. The monoisotopic (exact) mass is 362 g/mol. The van der Waals surface area contributed by atoms with Crippen LogP contribution < -0.4 is 16.0 Å². The highest BCUT2D eigenvalue weighted by atomic mass is 16.2. The Morgan fingerprint density at radius 3 is 2.78 bits per heavy atom. The molecule has 3 aromatic rings. The molecule has 0 unspecified atom stereocenters. The molecule has 1 aromatic heterocycles. The summed E-state index contributed by atoms with van der Waals surface area (Å²) in [7, 11) is 0. The largest absolute Gasteiger partial charge is 0.361 e. The predicted octanol–water partition coefficient (Wildman–Crippen LogP) is 3.42. The number of H-pyrrole nitrogens is 1. The molecule has 1 saturated carbocycles. The predicted molar refractivity (Wildman–Crippen MR) is 106 cm³/mol. The molecule has 1 aliphatic carbocycles. The van der Waals surface area contributed by atoms with E-state index in [1.54, 1.807) is 24.3 Å². The molecule has 4 N–H and O–H groups in total. The van der Waals surface area contributed by atoms with Gasteiger partial charge in [0.05, 0.1) is 0 Å². The highest BCUT2D eigenvalue weighted by molar-refractivity contribution is 5.97. The summed E-state index contributed by atoms with van der Waals surface area (Å²) in [6.45, 7) is 0.542. The second-order valence-electron chi connectivity index (χ2n) is 6.82. The number of amides is 3. The molecule has 0 spiro atoms. The number of aromatic nitrogens is 1. The van der Waals surface area contributed by atoms with Crippen LogP contribution in [0.25, 0.3) is 10.9 Å². The zero-order valence-corrected chi connectivity index (χ0v) is 14.9. The number of nitrogens with one attached hydrogen (secondary N) is 4. The minimum Gasteiger partial charge on any atom is -0.361 e. The molecule has 6 nitrogen and oxygen atoms in total. The minimum absolute atomic E-state index is 0.152. The van der Waals surface area contributed by atoms with Crippen molar-refractivity contribution in [1.29, 1.82) is 0 Å². The molecule has 0 saturated heterocycles. The Morgan fingerprint density at radius 1 is 1.07 bits per heavy atom. The molecule has 0 aliphatic heterocycles. The van der Waals surface area contributed by atoms with Gasteiger partial charge in [-0.05, 0) is 49.1 Å². The zero-order valence-electron chi connectivity index (χ0n) is 14.9. The molecule has 2 aromatic carbocycles. The van der Waals surface area contributed by atoms with E-state index in [-0.39, 0.29) is 11.9 Å². The summed E-state index contributed by atoms with van der Waals surface area (Å²) < 4.78 is 0. The van der Waals surface area contributed by atoms with Gasteiger partial charge in [0.2, 0.25) is 0 Å². The van der Waals surface area contributed by atoms with Gasteiger partial charge in [-0.3, -0.25) is 4.79 Å². The molecule has 3 amide bonds. The van der Waals surface area contributed by atoms with E-state index in [0.717, 1.165) is 24.8 Å². The third-order valence-corrected chi connectivity index (χ3v) is 4.65. The molecule has 27 heavy (non-hydrogen) atoms. The second kappa shape index (κ2) is 7.53. The molecule has 0 bridgehead atoms. The van der Waals surface area contributed by atoms with Gasteiger partial charge in [-0.2, -0.15) is 0 Å². The van der Waals surface area contributed by atoms with Crippen molar-refractivity contribution in [2.45, 2.75) is 25.3 Å². The van der Waals surface area contributed by atoms with Gasteiger partial charge >= 0.3 is 6.03 Å². The zero-order chi connectivity index (χ0) is 18.6. The van der Waals surface area contributed by atoms with Crippen molar-refractivity contribution < 1.29 is 9.59 Å². The van der Waals surface area contributed by atoms with Crippen LogP contribution in [0.3, 0.4) is 0 Å². The Bertz CT molecular complexity index is 975. The maximum absolute atomic E-state index is 12.4. The third kappa shape index (κ3) is 4.28. The molecule has 6 heteroatoms. The van der Waals surface area contributed by atoms with E-state index < -0.39 is 0 Å². The second-order valence-corrected chi connectivity index (χ2v) is 6.82. The summed E-state index contributed by atoms with van der Waals surface area (Å²) in [5, 5.41) is 9.76. The van der Waals surface area contributed by atoms with Gasteiger partial charge in [-0.25, -0.2) is 4.79 Å². The number of carbonyl (C=O) groups is 2. The molecule has 0 atom stereocenters. The first-order valence-electron chi connectivity index (χ1n) is 9.20. The Kier molecular flexibility index (Phi) is 4.78. The molecular weight excluding hydrogens is 340 g/mol. The normalized spacial score (nSPS) is 13.3. The van der Waals surface area contributed by atoms with E-state index in [4.69, 9.17) is 0 Å². The molecule has 1 fully saturated rings. The van der Waals surface area contributed by atoms with Gasteiger partial charge in [0.25, 0.3) is 5.91 Å². The number of anilines is 1. The highest BCUT2D eigenvalue weighted by Crippen LogP contribution is 2.19. The van der Waals surface area contributed by atoms with Crippen LogP contribution in [0.2, 0.25) is 0 Å². The Labute approximate surface area is 157 Å². The number of benzene rings is 2. The summed E-state index contributed by atoms with van der Waals surface area (Å²) in [6, 6.07) is 15.2. The van der Waals surface area contributed by atoms with Crippen molar-refractivity contribution >= 4 is 28.5 Å². The number of urea groups is 1. The summed E-state index contributed by atoms with van der Waals surface area (Å²) in [4.78, 5) is 27.5. The van der Waals surface area contributed by atoms with Crippen molar-refractivity contribution in [3.8, 4) is 0 Å². The number of aromatic amines is 1. The van der Waals surface area contributed by atoms with Crippen molar-refractivity contribution in [2.75, 3.05) is 11.9 Å². The first kappa shape index (κ1) is 17.1. The third-order valence-electron chi connectivity index (χ3n) is 4.65. The fourth-order valence-electron chi connectivity index (χ4n) is 3.07. The topological polar surface area (TPSA) is 86.0 Å². The molecular formula is C21H22N4O2. The average molecular weight is 362 g/mol. The van der Waals surface area contributed by atoms with Crippen LogP contribution in [0, 0.1) is 0 Å². The lowest BCUT2D eigenvalue weighted by Crippen LogP contribution is -2.30. The first-order valence-corrected chi connectivity index (χ1v) is 9.20. The fourth-order valence-corrected chi connectivity index (χ4v) is 3.07. The lowest BCUT2D eigenvalue weighted by atomic mass is 10.1. The highest BCUT2D eigenvalue weighted by Gasteiger charge is 2.23. The van der Waals surface area contributed by atoms with Crippen LogP contribution in [-0.2, 0) is 6.42 Å². The van der Waals surface area contributed by atoms with Crippen molar-refractivity contribution in [1.82, 2.24) is 15.6 Å². The van der Waals surface area contributed by atoms with Gasteiger partial charge in [-0.15, -0.1) is 0 Å². The number of hydrogen-bond acceptors (Lipinski definition) is 2. The molecule has 0 radical (unpaired) electrons. The van der Waals surface area contributed by atoms with Crippen molar-refractivity contribution in [2.24, 2.45) is 0 Å². The van der Waals surface area contributed by atoms with Crippen LogP contribution in [-0.4, -0.2) is 29.5 Å². The van der Waals surface area contributed by atoms with Crippen LogP contribution in [0.4, 0.5) is 10.5 Å². The molecule has 4 rings (SSSR count). The lowest BCUT2D eigenvalue weighted by molar-refractivity contribution is 0.0954. The molecule has 1 heterocycles. The first-order chi connectivity index (χ1) is 13.2. The van der Waals surface area contributed by atoms with Gasteiger partial charge in [0.15, 0.2) is 0 Å². The van der Waals surface area contributed by atoms with E-state index in [9.17, 15) is 9.59 Å². The SMILES string of the molecule is O=C(Nc1cccc(C(=O)NCCc2c[nH]c3ccccc23)c1)NC1CC1. The summed E-state index contributed by atoms with van der Waals surface area (Å²) in [5.41, 5.74) is 3.41. The van der Waals surface area contributed by atoms with E-state index in [1.807, 2.05) is 24.4 Å². The fraction of sp³-hybridized carbons (Fsp3) is 0.238. The van der Waals surface area contributed by atoms with Crippen molar-refractivity contribution in [3.63, 3.8) is 0 Å². The molecule has 1 aliphatic rings. The Hall–Kier alpha value is -3.28. The van der Waals surface area contributed by atoms with E-state index in [1.165, 1.54) is 10.9 Å². The summed E-state index contributed by atoms with van der Waals surface area (Å²) in [5.74, 6) is -0.152. The van der Waals surface area contributed by atoms with Crippen LogP contribution in [0.5, 0.6) is 0 Å². The minimum atomic E-state index is -0.227. The summed E-state index contributed by atoms with van der Waals surface area (Å²) >= 11 is 0. The van der Waals surface area contributed by atoms with Gasteiger partial charge in [-0.1, -0.05) is 24.3 Å². The Balaban J connectivity index is 1.32. The van der Waals surface area contributed by atoms with Gasteiger partial charge in [0.1, 0.15) is 0 Å². The van der Waals surface area contributed by atoms with Crippen LogP contribution >= 0.6 is 0 Å². The van der Waals surface area contributed by atoms with Gasteiger partial charge in [0, 0.05) is 40.9 Å². The van der Waals surface area contributed by atoms with Crippen molar-refractivity contribution in [3.05, 3.63) is 65.9 Å². The Morgan fingerprint density at radius 2 is 1.93 bits per heavy atom. The summed E-state index contributed by atoms with van der Waals surface area (Å²) in [6.07, 6.45) is 4.80. The smallest absolute Gasteiger partial charge is 0.319 e. The van der Waals surface area contributed by atoms with E-state index >= 15 is 0 Å². The maximum atomic E-state index is 12.4. The van der Waals surface area contributed by atoms with E-state index in [0.29, 0.717) is 23.8 Å². The number of para-hydroxylation sites is 1. The van der Waals surface area contributed by atoms with Crippen LogP contribution in [0.1, 0.15) is 28.8 Å². The van der Waals surface area contributed by atoms with Gasteiger partial charge < -0.3 is 20.9 Å². The number of rotatable bonds is 6. The lowest BCUT2D eigenvalue weighted by Gasteiger charge is -2.09. The standard InChI is InChI=1S/C21H22N4O2/c26-20(22-11-10-15-13-23-19-7-2-1-6-18(15)19)14-4-3-5-17(12-14)25-21(27)24-16-8-9-16/h1-7,12-13,16,23H,8-11H2,(H,22,26)(H2,24,25,27).